The lowest BCUT2D eigenvalue weighted by Crippen LogP contribution is -2.46. The Balaban J connectivity index is 2.24. The predicted molar refractivity (Wildman–Crippen MR) is 79.4 cm³/mol. The standard InChI is InChI=1S/C13H25N3O2S/c1-3-6-14-12(17)4-7-15-13(18)16-8-10-19-9-5-11(16)2/h11H,3-10H2,1-2H3,(H,14,17)(H,15,18)/t11-/m0/s1. The van der Waals surface area contributed by atoms with Crippen LogP contribution in [-0.4, -0.2) is 54.0 Å². The second-order valence-corrected chi connectivity index (χ2v) is 6.00. The molecule has 0 radical (unpaired) electrons. The van der Waals surface area contributed by atoms with E-state index in [0.717, 1.165) is 30.9 Å². The van der Waals surface area contributed by atoms with E-state index in [-0.39, 0.29) is 18.0 Å². The first-order valence-electron chi connectivity index (χ1n) is 7.04. The van der Waals surface area contributed by atoms with Crippen LogP contribution in [0.5, 0.6) is 0 Å². The Morgan fingerprint density at radius 2 is 2.05 bits per heavy atom. The molecule has 19 heavy (non-hydrogen) atoms. The molecule has 0 saturated carbocycles. The van der Waals surface area contributed by atoms with Gasteiger partial charge < -0.3 is 15.5 Å². The number of rotatable bonds is 5. The maximum absolute atomic E-state index is 12.0. The van der Waals surface area contributed by atoms with E-state index in [0.29, 0.717) is 19.5 Å². The lowest BCUT2D eigenvalue weighted by atomic mass is 10.2. The summed E-state index contributed by atoms with van der Waals surface area (Å²) in [6.45, 7) is 6.00. The zero-order chi connectivity index (χ0) is 14.1. The highest BCUT2D eigenvalue weighted by atomic mass is 32.2. The van der Waals surface area contributed by atoms with E-state index in [1.807, 2.05) is 23.6 Å². The summed E-state index contributed by atoms with van der Waals surface area (Å²) >= 11 is 1.89. The van der Waals surface area contributed by atoms with Crippen molar-refractivity contribution in [2.45, 2.75) is 39.2 Å². The Kier molecular flexibility index (Phi) is 7.70. The largest absolute Gasteiger partial charge is 0.356 e. The molecule has 110 valence electrons. The first-order chi connectivity index (χ1) is 9.15. The molecular formula is C13H25N3O2S. The second kappa shape index (κ2) is 9.07. The van der Waals surface area contributed by atoms with Crippen LogP contribution in [0.3, 0.4) is 0 Å². The molecule has 0 spiro atoms. The van der Waals surface area contributed by atoms with E-state index >= 15 is 0 Å². The number of urea groups is 1. The highest BCUT2D eigenvalue weighted by molar-refractivity contribution is 7.99. The van der Waals surface area contributed by atoms with Crippen LogP contribution in [0.1, 0.15) is 33.1 Å². The fourth-order valence-electron chi connectivity index (χ4n) is 1.93. The number of nitrogens with one attached hydrogen (secondary N) is 2. The van der Waals surface area contributed by atoms with Gasteiger partial charge in [0.25, 0.3) is 0 Å². The highest BCUT2D eigenvalue weighted by Crippen LogP contribution is 2.15. The van der Waals surface area contributed by atoms with Crippen LogP contribution in [0, 0.1) is 0 Å². The zero-order valence-corrected chi connectivity index (χ0v) is 12.7. The van der Waals surface area contributed by atoms with Gasteiger partial charge in [-0.15, -0.1) is 0 Å². The first kappa shape index (κ1) is 16.1. The average Bonchev–Trinajstić information content (AvgIpc) is 2.61. The summed E-state index contributed by atoms with van der Waals surface area (Å²) in [5, 5.41) is 5.63. The van der Waals surface area contributed by atoms with E-state index < -0.39 is 0 Å². The van der Waals surface area contributed by atoms with Crippen LogP contribution in [0.4, 0.5) is 4.79 Å². The minimum atomic E-state index is -0.0432. The summed E-state index contributed by atoms with van der Waals surface area (Å²) in [5.74, 6) is 2.11. The van der Waals surface area contributed by atoms with Gasteiger partial charge in [-0.2, -0.15) is 11.8 Å². The molecule has 0 bridgehead atoms. The number of hydrogen-bond acceptors (Lipinski definition) is 3. The number of carbonyl (C=O) groups is 2. The van der Waals surface area contributed by atoms with Crippen LogP contribution in [0.15, 0.2) is 0 Å². The van der Waals surface area contributed by atoms with Crippen molar-refractivity contribution in [1.29, 1.82) is 0 Å². The quantitative estimate of drug-likeness (QED) is 0.804. The van der Waals surface area contributed by atoms with Crippen molar-refractivity contribution in [2.24, 2.45) is 0 Å². The maximum atomic E-state index is 12.0. The fraction of sp³-hybridized carbons (Fsp3) is 0.846. The minimum absolute atomic E-state index is 0.00150. The van der Waals surface area contributed by atoms with Gasteiger partial charge in [0, 0.05) is 37.8 Å². The molecule has 6 heteroatoms. The van der Waals surface area contributed by atoms with Crippen molar-refractivity contribution < 1.29 is 9.59 Å². The van der Waals surface area contributed by atoms with Crippen molar-refractivity contribution in [3.8, 4) is 0 Å². The van der Waals surface area contributed by atoms with Crippen LogP contribution in [0.25, 0.3) is 0 Å². The van der Waals surface area contributed by atoms with E-state index in [1.54, 1.807) is 0 Å². The van der Waals surface area contributed by atoms with E-state index in [1.165, 1.54) is 0 Å². The van der Waals surface area contributed by atoms with Crippen molar-refractivity contribution in [2.75, 3.05) is 31.1 Å². The topological polar surface area (TPSA) is 61.4 Å². The number of thioether (sulfide) groups is 1. The van der Waals surface area contributed by atoms with Crippen molar-refractivity contribution in [3.63, 3.8) is 0 Å². The molecule has 1 aliphatic rings. The summed E-state index contributed by atoms with van der Waals surface area (Å²) < 4.78 is 0. The van der Waals surface area contributed by atoms with Crippen LogP contribution in [0.2, 0.25) is 0 Å². The summed E-state index contributed by atoms with van der Waals surface area (Å²) in [6, 6.07) is 0.238. The van der Waals surface area contributed by atoms with Gasteiger partial charge in [-0.25, -0.2) is 4.79 Å². The van der Waals surface area contributed by atoms with Crippen LogP contribution < -0.4 is 10.6 Å². The molecule has 1 atom stereocenters. The lowest BCUT2D eigenvalue weighted by molar-refractivity contribution is -0.120. The number of carbonyl (C=O) groups excluding carboxylic acids is 2. The monoisotopic (exact) mass is 287 g/mol. The van der Waals surface area contributed by atoms with Gasteiger partial charge in [0.2, 0.25) is 5.91 Å². The summed E-state index contributed by atoms with van der Waals surface area (Å²) in [7, 11) is 0. The third-order valence-electron chi connectivity index (χ3n) is 3.15. The molecule has 0 aromatic heterocycles. The second-order valence-electron chi connectivity index (χ2n) is 4.78. The SMILES string of the molecule is CCCNC(=O)CCNC(=O)N1CCSCC[C@@H]1C. The van der Waals surface area contributed by atoms with Gasteiger partial charge in [0.15, 0.2) is 0 Å². The van der Waals surface area contributed by atoms with E-state index in [4.69, 9.17) is 0 Å². The van der Waals surface area contributed by atoms with Gasteiger partial charge in [-0.1, -0.05) is 6.92 Å². The molecule has 1 aliphatic heterocycles. The van der Waals surface area contributed by atoms with Gasteiger partial charge in [0.05, 0.1) is 0 Å². The normalized spacial score (nSPS) is 19.7. The Morgan fingerprint density at radius 1 is 1.26 bits per heavy atom. The smallest absolute Gasteiger partial charge is 0.317 e. The van der Waals surface area contributed by atoms with Gasteiger partial charge >= 0.3 is 6.03 Å². The molecular weight excluding hydrogens is 262 g/mol. The Bertz CT molecular complexity index is 300. The zero-order valence-electron chi connectivity index (χ0n) is 11.9. The summed E-state index contributed by atoms with van der Waals surface area (Å²) in [6.07, 6.45) is 2.32. The highest BCUT2D eigenvalue weighted by Gasteiger charge is 2.21. The molecule has 1 fully saturated rings. The number of nitrogens with zero attached hydrogens (tertiary/aromatic N) is 1. The van der Waals surface area contributed by atoms with Crippen molar-refractivity contribution >= 4 is 23.7 Å². The lowest BCUT2D eigenvalue weighted by Gasteiger charge is -2.26. The molecule has 1 saturated heterocycles. The fourth-order valence-corrected chi connectivity index (χ4v) is 2.97. The number of hydrogen-bond donors (Lipinski definition) is 2. The van der Waals surface area contributed by atoms with E-state index in [2.05, 4.69) is 17.6 Å². The molecule has 1 heterocycles. The van der Waals surface area contributed by atoms with Crippen LogP contribution in [-0.2, 0) is 4.79 Å². The molecule has 5 nitrogen and oxygen atoms in total. The van der Waals surface area contributed by atoms with E-state index in [9.17, 15) is 9.59 Å². The average molecular weight is 287 g/mol. The van der Waals surface area contributed by atoms with Crippen LogP contribution >= 0.6 is 11.8 Å². The van der Waals surface area contributed by atoms with Crippen molar-refractivity contribution in [1.82, 2.24) is 15.5 Å². The minimum Gasteiger partial charge on any atom is -0.356 e. The molecule has 0 aromatic rings. The van der Waals surface area contributed by atoms with Gasteiger partial charge in [0.1, 0.15) is 0 Å². The summed E-state index contributed by atoms with van der Waals surface area (Å²) in [4.78, 5) is 25.3. The molecule has 0 aliphatic carbocycles. The Morgan fingerprint density at radius 3 is 2.79 bits per heavy atom. The van der Waals surface area contributed by atoms with Gasteiger partial charge in [-0.05, 0) is 25.5 Å². The Hall–Kier alpha value is -0.910. The summed E-state index contributed by atoms with van der Waals surface area (Å²) in [5.41, 5.74) is 0. The molecule has 2 N–H and O–H groups in total. The molecule has 1 rings (SSSR count). The molecule has 0 unspecified atom stereocenters. The van der Waals surface area contributed by atoms with Gasteiger partial charge in [-0.3, -0.25) is 4.79 Å². The third kappa shape index (κ3) is 6.18. The third-order valence-corrected chi connectivity index (χ3v) is 4.15. The Labute approximate surface area is 119 Å². The molecule has 3 amide bonds. The first-order valence-corrected chi connectivity index (χ1v) is 8.19. The maximum Gasteiger partial charge on any atom is 0.317 e. The van der Waals surface area contributed by atoms with Crippen molar-refractivity contribution in [3.05, 3.63) is 0 Å². The molecule has 0 aromatic carbocycles. The number of amides is 3. The predicted octanol–water partition coefficient (Wildman–Crippen LogP) is 1.44.